The van der Waals surface area contributed by atoms with Crippen molar-refractivity contribution in [2.75, 3.05) is 9.80 Å². The van der Waals surface area contributed by atoms with Crippen LogP contribution in [0.3, 0.4) is 0 Å². The van der Waals surface area contributed by atoms with E-state index in [4.69, 9.17) is 4.11 Å². The summed E-state index contributed by atoms with van der Waals surface area (Å²) in [4.78, 5) is 4.92. The number of fused-ring (bicyclic) bond motifs is 6. The number of benzene rings is 6. The average Bonchev–Trinajstić information content (AvgIpc) is 3.39. The molecule has 61 heavy (non-hydrogen) atoms. The maximum atomic E-state index is 9.12. The van der Waals surface area contributed by atoms with E-state index >= 15 is 0 Å². The molecule has 6 aromatic carbocycles. The van der Waals surface area contributed by atoms with Crippen LogP contribution in [0.4, 0.5) is 34.1 Å². The van der Waals surface area contributed by atoms with Crippen molar-refractivity contribution >= 4 is 57.2 Å². The van der Waals surface area contributed by atoms with Crippen LogP contribution in [0, 0.1) is 20.7 Å². The molecule has 0 aromatic heterocycles. The summed E-state index contributed by atoms with van der Waals surface area (Å²) in [5.41, 5.74) is 21.8. The van der Waals surface area contributed by atoms with Crippen LogP contribution in [0.25, 0.3) is 11.1 Å². The Morgan fingerprint density at radius 2 is 1.07 bits per heavy atom. The molecule has 0 unspecified atom stereocenters. The highest BCUT2D eigenvalue weighted by molar-refractivity contribution is 7.00. The SMILES string of the molecule is [2H]C([2H])([2H])c1cc2c3c(c1)N(c1cc4c(cc1C)C(C)(C)CC4(C)C)c1cc4c(cc1B3c1ccc(C(C)(C)C)cc1N2c1cc(-c2ccccc2)ccc1C)C(C)(C)CCC4(C)C. The minimum Gasteiger partial charge on any atom is -0.311 e. The third-order valence-corrected chi connectivity index (χ3v) is 15.4. The molecule has 10 rings (SSSR count). The van der Waals surface area contributed by atoms with Gasteiger partial charge in [-0.05, 0) is 175 Å². The van der Waals surface area contributed by atoms with E-state index in [9.17, 15) is 0 Å². The number of hydrogen-bond acceptors (Lipinski definition) is 2. The van der Waals surface area contributed by atoms with Crippen molar-refractivity contribution < 1.29 is 4.11 Å². The van der Waals surface area contributed by atoms with E-state index in [0.29, 0.717) is 5.56 Å². The normalized spacial score (nSPS) is 19.5. The summed E-state index contributed by atoms with van der Waals surface area (Å²) in [6.07, 6.45) is 3.30. The van der Waals surface area contributed by atoms with Crippen LogP contribution in [-0.2, 0) is 27.1 Å². The summed E-state index contributed by atoms with van der Waals surface area (Å²) in [5, 5.41) is 0. The Morgan fingerprint density at radius 1 is 0.508 bits per heavy atom. The molecule has 4 aliphatic rings. The smallest absolute Gasteiger partial charge is 0.252 e. The quantitative estimate of drug-likeness (QED) is 0.164. The second-order valence-electron chi connectivity index (χ2n) is 22.8. The molecular formula is C58H65BN2. The van der Waals surface area contributed by atoms with Gasteiger partial charge in [-0.2, -0.15) is 0 Å². The van der Waals surface area contributed by atoms with Gasteiger partial charge in [-0.3, -0.25) is 0 Å². The third-order valence-electron chi connectivity index (χ3n) is 15.4. The van der Waals surface area contributed by atoms with Crippen molar-refractivity contribution in [2.24, 2.45) is 0 Å². The van der Waals surface area contributed by atoms with Crippen molar-refractivity contribution in [3.05, 3.63) is 148 Å². The zero-order valence-corrected chi connectivity index (χ0v) is 38.9. The fourth-order valence-corrected chi connectivity index (χ4v) is 12.1. The van der Waals surface area contributed by atoms with E-state index in [1.54, 1.807) is 0 Å². The van der Waals surface area contributed by atoms with Gasteiger partial charge in [0, 0.05) is 38.2 Å². The molecule has 2 aliphatic heterocycles. The summed E-state index contributed by atoms with van der Waals surface area (Å²) in [7, 11) is 0. The van der Waals surface area contributed by atoms with Gasteiger partial charge in [0.2, 0.25) is 0 Å². The van der Waals surface area contributed by atoms with Crippen LogP contribution in [-0.4, -0.2) is 6.71 Å². The van der Waals surface area contributed by atoms with Crippen LogP contribution in [0.5, 0.6) is 0 Å². The summed E-state index contributed by atoms with van der Waals surface area (Å²) in [6, 6.07) is 38.6. The molecule has 0 spiro atoms. The molecule has 0 fully saturated rings. The Hall–Kier alpha value is -5.02. The van der Waals surface area contributed by atoms with Crippen molar-refractivity contribution in [3.8, 4) is 11.1 Å². The first-order valence-electron chi connectivity index (χ1n) is 24.2. The summed E-state index contributed by atoms with van der Waals surface area (Å²) in [6.45, 7) is 28.1. The molecule has 6 aromatic rings. The first-order valence-corrected chi connectivity index (χ1v) is 22.7. The molecule has 2 nitrogen and oxygen atoms in total. The summed E-state index contributed by atoms with van der Waals surface area (Å²) < 4.78 is 27.4. The highest BCUT2D eigenvalue weighted by atomic mass is 15.2. The van der Waals surface area contributed by atoms with E-state index in [0.717, 1.165) is 75.5 Å². The Morgan fingerprint density at radius 3 is 1.69 bits per heavy atom. The van der Waals surface area contributed by atoms with Crippen molar-refractivity contribution in [3.63, 3.8) is 0 Å². The standard InChI is InChI=1S/C58H65BN2/c1-35-26-51-53-52(27-35)61(48-32-44-41(28-37(48)3)57(11,12)34-58(44,13)14)50-33-43-42(55(7,8)24-25-56(43,9)10)31-46(50)59(53)45-23-22-40(54(4,5)6)30-49(45)60(51)47-29-39(21-20-36(47)2)38-18-16-15-17-19-38/h15-23,26-33H,24-25,34H2,1-14H3/i1D3. The second-order valence-corrected chi connectivity index (χ2v) is 22.8. The van der Waals surface area contributed by atoms with Gasteiger partial charge in [-0.1, -0.05) is 143 Å². The van der Waals surface area contributed by atoms with Crippen LogP contribution < -0.4 is 26.2 Å². The minimum absolute atomic E-state index is 0.00730. The van der Waals surface area contributed by atoms with Crippen molar-refractivity contribution in [1.29, 1.82) is 0 Å². The molecule has 2 aliphatic carbocycles. The highest BCUT2D eigenvalue weighted by Gasteiger charge is 2.48. The molecule has 2 heterocycles. The second kappa shape index (κ2) is 13.0. The van der Waals surface area contributed by atoms with Crippen LogP contribution in [0.15, 0.2) is 103 Å². The predicted molar refractivity (Wildman–Crippen MR) is 265 cm³/mol. The minimum atomic E-state index is -2.35. The number of rotatable bonds is 3. The molecule has 0 radical (unpaired) electrons. The first kappa shape index (κ1) is 36.6. The largest absolute Gasteiger partial charge is 0.311 e. The topological polar surface area (TPSA) is 6.48 Å². The Bertz CT molecular complexity index is 2930. The molecular weight excluding hydrogens is 735 g/mol. The van der Waals surface area contributed by atoms with Gasteiger partial charge in [0.05, 0.1) is 0 Å². The van der Waals surface area contributed by atoms with Crippen molar-refractivity contribution in [1.82, 2.24) is 0 Å². The van der Waals surface area contributed by atoms with Gasteiger partial charge < -0.3 is 9.80 Å². The molecule has 0 N–H and O–H groups in total. The fraction of sp³-hybridized carbons (Fsp3) is 0.379. The molecule has 0 amide bonds. The third kappa shape index (κ3) is 6.03. The fourth-order valence-electron chi connectivity index (χ4n) is 12.1. The van der Waals surface area contributed by atoms with E-state index < -0.39 is 6.85 Å². The van der Waals surface area contributed by atoms with Gasteiger partial charge in [0.15, 0.2) is 0 Å². The molecule has 310 valence electrons. The molecule has 0 saturated carbocycles. The number of aryl methyl sites for hydroxylation is 3. The van der Waals surface area contributed by atoms with Gasteiger partial charge in [0.25, 0.3) is 6.71 Å². The van der Waals surface area contributed by atoms with E-state index in [-0.39, 0.29) is 33.8 Å². The monoisotopic (exact) mass is 804 g/mol. The van der Waals surface area contributed by atoms with E-state index in [1.807, 2.05) is 12.1 Å². The maximum Gasteiger partial charge on any atom is 0.252 e. The lowest BCUT2D eigenvalue weighted by Gasteiger charge is -2.48. The molecule has 3 heteroatoms. The molecule has 0 atom stereocenters. The van der Waals surface area contributed by atoms with E-state index in [2.05, 4.69) is 191 Å². The Kier molecular flexibility index (Phi) is 7.81. The lowest BCUT2D eigenvalue weighted by molar-refractivity contribution is 0.332. The lowest BCUT2D eigenvalue weighted by Crippen LogP contribution is -2.62. The van der Waals surface area contributed by atoms with Gasteiger partial charge in [-0.25, -0.2) is 0 Å². The van der Waals surface area contributed by atoms with E-state index in [1.165, 1.54) is 44.3 Å². The molecule has 0 bridgehead atoms. The maximum absolute atomic E-state index is 9.12. The summed E-state index contributed by atoms with van der Waals surface area (Å²) >= 11 is 0. The Balaban J connectivity index is 1.37. The number of nitrogens with zero attached hydrogens (tertiary/aromatic N) is 2. The van der Waals surface area contributed by atoms with Gasteiger partial charge in [-0.15, -0.1) is 0 Å². The van der Waals surface area contributed by atoms with Crippen LogP contribution in [0.2, 0.25) is 0 Å². The number of hydrogen-bond donors (Lipinski definition) is 0. The number of anilines is 6. The highest BCUT2D eigenvalue weighted by Crippen LogP contribution is 2.55. The average molecular weight is 804 g/mol. The van der Waals surface area contributed by atoms with Gasteiger partial charge in [0.1, 0.15) is 0 Å². The first-order chi connectivity index (χ1) is 29.8. The zero-order chi connectivity index (χ0) is 45.8. The summed E-state index contributed by atoms with van der Waals surface area (Å²) in [5.74, 6) is 0. The molecule has 0 saturated heterocycles. The van der Waals surface area contributed by atoms with Crippen LogP contribution in [0.1, 0.15) is 144 Å². The Labute approximate surface area is 371 Å². The lowest BCUT2D eigenvalue weighted by atomic mass is 9.33. The van der Waals surface area contributed by atoms with Crippen LogP contribution >= 0.6 is 0 Å². The van der Waals surface area contributed by atoms with Gasteiger partial charge >= 0.3 is 0 Å². The van der Waals surface area contributed by atoms with Crippen molar-refractivity contribution in [2.45, 2.75) is 143 Å². The predicted octanol–water partition coefficient (Wildman–Crippen LogP) is 14.0. The zero-order valence-electron chi connectivity index (χ0n) is 41.9.